The van der Waals surface area contributed by atoms with Crippen molar-refractivity contribution in [3.05, 3.63) is 0 Å². The Balaban J connectivity index is 2.53. The topological polar surface area (TPSA) is 0 Å². The average molecular weight is 180 g/mol. The largest absolute Gasteiger partial charge is 0.281 e. The van der Waals surface area contributed by atoms with Crippen LogP contribution in [-0.2, 0) is 0 Å². The Morgan fingerprint density at radius 3 is 2.08 bits per heavy atom. The Labute approximate surface area is 71.1 Å². The van der Waals surface area contributed by atoms with E-state index in [1.54, 1.807) is 0 Å². The van der Waals surface area contributed by atoms with Crippen LogP contribution in [0.4, 0.5) is 13.2 Å². The van der Waals surface area contributed by atoms with E-state index >= 15 is 0 Å². The predicted molar refractivity (Wildman–Crippen MR) is 42.1 cm³/mol. The van der Waals surface area contributed by atoms with Gasteiger partial charge in [0.15, 0.2) is 6.17 Å². The standard InChI is InChI=1S/C9H15F3/c1-7(10)9(11,12)8-5-3-2-4-6-8/h7-8H,2-6H2,1H3. The van der Waals surface area contributed by atoms with Crippen molar-refractivity contribution in [3.8, 4) is 0 Å². The first-order valence-corrected chi connectivity index (χ1v) is 4.57. The third-order valence-corrected chi connectivity index (χ3v) is 2.68. The highest BCUT2D eigenvalue weighted by atomic mass is 19.3. The quantitative estimate of drug-likeness (QED) is 0.609. The molecule has 1 unspecified atom stereocenters. The van der Waals surface area contributed by atoms with E-state index in [0.29, 0.717) is 12.8 Å². The maximum atomic E-state index is 13.1. The van der Waals surface area contributed by atoms with Crippen LogP contribution < -0.4 is 0 Å². The SMILES string of the molecule is CC(F)C(F)(F)C1CCCCC1. The Morgan fingerprint density at radius 2 is 1.67 bits per heavy atom. The highest BCUT2D eigenvalue weighted by molar-refractivity contribution is 4.84. The molecule has 0 aromatic rings. The molecule has 0 heterocycles. The Hall–Kier alpha value is -0.210. The normalized spacial score (nSPS) is 24.0. The third kappa shape index (κ3) is 1.93. The van der Waals surface area contributed by atoms with Gasteiger partial charge < -0.3 is 0 Å². The molecule has 1 rings (SSSR count). The maximum absolute atomic E-state index is 13.1. The van der Waals surface area contributed by atoms with Crippen molar-refractivity contribution in [3.63, 3.8) is 0 Å². The first-order valence-electron chi connectivity index (χ1n) is 4.57. The summed E-state index contributed by atoms with van der Waals surface area (Å²) in [5.41, 5.74) is 0. The molecule has 0 saturated heterocycles. The van der Waals surface area contributed by atoms with Crippen LogP contribution in [0.15, 0.2) is 0 Å². The summed E-state index contributed by atoms with van der Waals surface area (Å²) in [6.45, 7) is 0.953. The number of hydrogen-bond donors (Lipinski definition) is 0. The van der Waals surface area contributed by atoms with Crippen LogP contribution in [0, 0.1) is 5.92 Å². The Morgan fingerprint density at radius 1 is 1.17 bits per heavy atom. The van der Waals surface area contributed by atoms with Gasteiger partial charge in [-0.25, -0.2) is 13.2 Å². The molecule has 0 aliphatic heterocycles. The van der Waals surface area contributed by atoms with Gasteiger partial charge >= 0.3 is 0 Å². The van der Waals surface area contributed by atoms with E-state index in [2.05, 4.69) is 0 Å². The Kier molecular flexibility index (Phi) is 3.02. The number of hydrogen-bond acceptors (Lipinski definition) is 0. The van der Waals surface area contributed by atoms with Gasteiger partial charge in [0.25, 0.3) is 5.92 Å². The minimum atomic E-state index is -3.10. The van der Waals surface area contributed by atoms with E-state index in [1.807, 2.05) is 0 Å². The number of rotatable bonds is 2. The number of halogens is 3. The first-order chi connectivity index (χ1) is 5.55. The van der Waals surface area contributed by atoms with Crippen LogP contribution in [0.2, 0.25) is 0 Å². The summed E-state index contributed by atoms with van der Waals surface area (Å²) in [5.74, 6) is -3.81. The van der Waals surface area contributed by atoms with Gasteiger partial charge in [-0.3, -0.25) is 0 Å². The Bertz CT molecular complexity index is 137. The molecule has 0 nitrogen and oxygen atoms in total. The van der Waals surface area contributed by atoms with Crippen LogP contribution in [0.3, 0.4) is 0 Å². The minimum Gasteiger partial charge on any atom is -0.241 e. The molecule has 0 spiro atoms. The van der Waals surface area contributed by atoms with E-state index in [1.165, 1.54) is 0 Å². The van der Waals surface area contributed by atoms with Gasteiger partial charge in [0.05, 0.1) is 0 Å². The molecular formula is C9H15F3. The fourth-order valence-electron chi connectivity index (χ4n) is 1.81. The zero-order valence-electron chi connectivity index (χ0n) is 7.32. The summed E-state index contributed by atoms with van der Waals surface area (Å²) in [5, 5.41) is 0. The fourth-order valence-corrected chi connectivity index (χ4v) is 1.81. The van der Waals surface area contributed by atoms with Gasteiger partial charge in [0.2, 0.25) is 0 Å². The summed E-state index contributed by atoms with van der Waals surface area (Å²) >= 11 is 0. The van der Waals surface area contributed by atoms with Gasteiger partial charge in [-0.1, -0.05) is 19.3 Å². The van der Waals surface area contributed by atoms with E-state index in [0.717, 1.165) is 26.2 Å². The van der Waals surface area contributed by atoms with Gasteiger partial charge in [0.1, 0.15) is 0 Å². The van der Waals surface area contributed by atoms with Crippen molar-refractivity contribution in [2.45, 2.75) is 51.1 Å². The van der Waals surface area contributed by atoms with E-state index < -0.39 is 18.0 Å². The lowest BCUT2D eigenvalue weighted by Crippen LogP contribution is -2.37. The van der Waals surface area contributed by atoms with E-state index in [4.69, 9.17) is 0 Å². The van der Waals surface area contributed by atoms with Crippen molar-refractivity contribution in [1.29, 1.82) is 0 Å². The molecule has 0 N–H and O–H groups in total. The monoisotopic (exact) mass is 180 g/mol. The molecule has 0 bridgehead atoms. The molecule has 1 aliphatic carbocycles. The molecule has 0 amide bonds. The van der Waals surface area contributed by atoms with Gasteiger partial charge in [-0.15, -0.1) is 0 Å². The summed E-state index contributed by atoms with van der Waals surface area (Å²) in [7, 11) is 0. The van der Waals surface area contributed by atoms with Crippen molar-refractivity contribution in [2.75, 3.05) is 0 Å². The second-order valence-corrected chi connectivity index (χ2v) is 3.63. The van der Waals surface area contributed by atoms with Gasteiger partial charge in [0, 0.05) is 5.92 Å². The maximum Gasteiger partial charge on any atom is 0.281 e. The van der Waals surface area contributed by atoms with Crippen LogP contribution >= 0.6 is 0 Å². The van der Waals surface area contributed by atoms with Crippen LogP contribution in [0.25, 0.3) is 0 Å². The van der Waals surface area contributed by atoms with Gasteiger partial charge in [-0.2, -0.15) is 0 Å². The molecule has 1 atom stereocenters. The molecule has 1 fully saturated rings. The van der Waals surface area contributed by atoms with Crippen molar-refractivity contribution in [2.24, 2.45) is 5.92 Å². The molecule has 72 valence electrons. The highest BCUT2D eigenvalue weighted by Gasteiger charge is 2.45. The lowest BCUT2D eigenvalue weighted by atomic mass is 9.83. The lowest BCUT2D eigenvalue weighted by Gasteiger charge is -2.30. The molecule has 12 heavy (non-hydrogen) atoms. The summed E-state index contributed by atoms with van der Waals surface area (Å²) in [6, 6.07) is 0. The molecule has 3 heteroatoms. The smallest absolute Gasteiger partial charge is 0.241 e. The average Bonchev–Trinajstić information content (AvgIpc) is 2.06. The molecule has 1 saturated carbocycles. The molecule has 0 aromatic heterocycles. The second kappa shape index (κ2) is 3.67. The third-order valence-electron chi connectivity index (χ3n) is 2.68. The molecule has 0 radical (unpaired) electrons. The highest BCUT2D eigenvalue weighted by Crippen LogP contribution is 2.39. The number of alkyl halides is 3. The zero-order valence-corrected chi connectivity index (χ0v) is 7.32. The van der Waals surface area contributed by atoms with Crippen molar-refractivity contribution >= 4 is 0 Å². The predicted octanol–water partition coefficient (Wildman–Crippen LogP) is 3.56. The molecule has 0 aromatic carbocycles. The summed E-state index contributed by atoms with van der Waals surface area (Å²) in [4.78, 5) is 0. The zero-order chi connectivity index (χ0) is 9.19. The van der Waals surface area contributed by atoms with Crippen LogP contribution in [-0.4, -0.2) is 12.1 Å². The van der Waals surface area contributed by atoms with Crippen molar-refractivity contribution in [1.82, 2.24) is 0 Å². The summed E-state index contributed by atoms with van der Waals surface area (Å²) < 4.78 is 38.6. The molecular weight excluding hydrogens is 165 g/mol. The molecule has 1 aliphatic rings. The first kappa shape index (κ1) is 9.87. The second-order valence-electron chi connectivity index (χ2n) is 3.63. The van der Waals surface area contributed by atoms with Crippen LogP contribution in [0.1, 0.15) is 39.0 Å². The lowest BCUT2D eigenvalue weighted by molar-refractivity contribution is -0.121. The van der Waals surface area contributed by atoms with E-state index in [-0.39, 0.29) is 0 Å². The van der Waals surface area contributed by atoms with Crippen LogP contribution in [0.5, 0.6) is 0 Å². The fraction of sp³-hybridized carbons (Fsp3) is 1.00. The van der Waals surface area contributed by atoms with E-state index in [9.17, 15) is 13.2 Å². The summed E-state index contributed by atoms with van der Waals surface area (Å²) in [6.07, 6.45) is 1.65. The van der Waals surface area contributed by atoms with Crippen molar-refractivity contribution < 1.29 is 13.2 Å². The minimum absolute atomic E-state index is 0.487. The van der Waals surface area contributed by atoms with Gasteiger partial charge in [-0.05, 0) is 19.8 Å².